The zero-order valence-electron chi connectivity index (χ0n) is 6.77. The number of carboxylic acids is 1. The molecule has 0 aromatic rings. The molecule has 0 bridgehead atoms. The Labute approximate surface area is 71.0 Å². The highest BCUT2D eigenvalue weighted by atomic mass is 16.5. The van der Waals surface area contributed by atoms with Crippen LogP contribution in [0.25, 0.3) is 0 Å². The molecule has 0 saturated carbocycles. The lowest BCUT2D eigenvalue weighted by Crippen LogP contribution is -2.37. The molecule has 12 heavy (non-hydrogen) atoms. The van der Waals surface area contributed by atoms with Crippen molar-refractivity contribution < 1.29 is 14.6 Å². The first kappa shape index (κ1) is 7.80. The fourth-order valence-electron chi connectivity index (χ4n) is 2.06. The topological polar surface area (TPSA) is 46.5 Å². The smallest absolute Gasteiger partial charge is 0.309 e. The molecule has 1 aliphatic carbocycles. The molecule has 3 heteroatoms. The van der Waals surface area contributed by atoms with Crippen molar-refractivity contribution in [3.05, 3.63) is 12.2 Å². The van der Waals surface area contributed by atoms with Crippen LogP contribution in [-0.2, 0) is 9.53 Å². The van der Waals surface area contributed by atoms with Crippen molar-refractivity contribution in [1.29, 1.82) is 0 Å². The molecule has 1 N–H and O–H groups in total. The third-order valence-electron chi connectivity index (χ3n) is 2.75. The predicted molar refractivity (Wildman–Crippen MR) is 42.7 cm³/mol. The van der Waals surface area contributed by atoms with Gasteiger partial charge in [-0.05, 0) is 18.3 Å². The van der Waals surface area contributed by atoms with Crippen molar-refractivity contribution in [2.75, 3.05) is 13.2 Å². The predicted octanol–water partition coefficient (Wildman–Crippen LogP) is 0.910. The quantitative estimate of drug-likeness (QED) is 0.592. The Bertz CT molecular complexity index is 222. The second kappa shape index (κ2) is 2.90. The fraction of sp³-hybridized carbons (Fsp3) is 0.667. The van der Waals surface area contributed by atoms with Crippen molar-refractivity contribution in [3.8, 4) is 0 Å². The molecule has 3 unspecified atom stereocenters. The van der Waals surface area contributed by atoms with Gasteiger partial charge in [0.2, 0.25) is 0 Å². The molecule has 0 aromatic carbocycles. The van der Waals surface area contributed by atoms with E-state index in [1.165, 1.54) is 0 Å². The molecule has 2 rings (SSSR count). The highest BCUT2D eigenvalue weighted by molar-refractivity contribution is 5.71. The molecule has 0 spiro atoms. The second-order valence-electron chi connectivity index (χ2n) is 3.48. The average molecular weight is 168 g/mol. The van der Waals surface area contributed by atoms with Crippen molar-refractivity contribution in [2.45, 2.75) is 6.42 Å². The van der Waals surface area contributed by atoms with E-state index in [1.54, 1.807) is 0 Å². The van der Waals surface area contributed by atoms with Crippen LogP contribution in [0.5, 0.6) is 0 Å². The minimum absolute atomic E-state index is 0.219. The first-order chi connectivity index (χ1) is 5.79. The van der Waals surface area contributed by atoms with Crippen LogP contribution in [0.2, 0.25) is 0 Å². The average Bonchev–Trinajstić information content (AvgIpc) is 2.49. The van der Waals surface area contributed by atoms with E-state index in [4.69, 9.17) is 9.84 Å². The van der Waals surface area contributed by atoms with E-state index in [1.807, 2.05) is 6.08 Å². The standard InChI is InChI=1S/C9H12O3/c10-9(11)8-5-12-4-6-2-1-3-7(6)8/h1,3,6-8H,2,4-5H2,(H,10,11). The van der Waals surface area contributed by atoms with Crippen LogP contribution < -0.4 is 0 Å². The Kier molecular flexibility index (Phi) is 1.89. The Hall–Kier alpha value is -0.830. The molecule has 0 aromatic heterocycles. The molecule has 2 aliphatic rings. The van der Waals surface area contributed by atoms with Gasteiger partial charge in [-0.3, -0.25) is 4.79 Å². The Morgan fingerprint density at radius 3 is 3.08 bits per heavy atom. The molecule has 1 saturated heterocycles. The van der Waals surface area contributed by atoms with Gasteiger partial charge in [0.25, 0.3) is 0 Å². The summed E-state index contributed by atoms with van der Waals surface area (Å²) in [4.78, 5) is 10.8. The first-order valence-corrected chi connectivity index (χ1v) is 4.26. The van der Waals surface area contributed by atoms with Crippen molar-refractivity contribution in [2.24, 2.45) is 17.8 Å². The number of hydrogen-bond donors (Lipinski definition) is 1. The van der Waals surface area contributed by atoms with E-state index >= 15 is 0 Å². The van der Waals surface area contributed by atoms with Crippen LogP contribution in [0.3, 0.4) is 0 Å². The van der Waals surface area contributed by atoms with E-state index in [9.17, 15) is 4.79 Å². The molecular weight excluding hydrogens is 156 g/mol. The van der Waals surface area contributed by atoms with Crippen LogP contribution in [0.15, 0.2) is 12.2 Å². The molecule has 0 amide bonds. The fourth-order valence-corrected chi connectivity index (χ4v) is 2.06. The molecular formula is C9H12O3. The number of rotatable bonds is 1. The second-order valence-corrected chi connectivity index (χ2v) is 3.48. The number of fused-ring (bicyclic) bond motifs is 1. The van der Waals surface area contributed by atoms with Crippen molar-refractivity contribution >= 4 is 5.97 Å². The lowest BCUT2D eigenvalue weighted by molar-refractivity contribution is -0.150. The van der Waals surface area contributed by atoms with E-state index in [0.717, 1.165) is 13.0 Å². The summed E-state index contributed by atoms with van der Waals surface area (Å²) in [7, 11) is 0. The van der Waals surface area contributed by atoms with Gasteiger partial charge in [0.15, 0.2) is 0 Å². The maximum atomic E-state index is 10.8. The van der Waals surface area contributed by atoms with E-state index in [0.29, 0.717) is 12.5 Å². The van der Waals surface area contributed by atoms with Gasteiger partial charge < -0.3 is 9.84 Å². The zero-order chi connectivity index (χ0) is 8.55. The number of hydrogen-bond acceptors (Lipinski definition) is 2. The van der Waals surface area contributed by atoms with Crippen molar-refractivity contribution in [1.82, 2.24) is 0 Å². The van der Waals surface area contributed by atoms with Gasteiger partial charge in [0.05, 0.1) is 19.1 Å². The number of aliphatic carboxylic acids is 1. The Morgan fingerprint density at radius 1 is 1.50 bits per heavy atom. The van der Waals surface area contributed by atoms with Gasteiger partial charge in [-0.1, -0.05) is 12.2 Å². The van der Waals surface area contributed by atoms with Crippen LogP contribution in [0, 0.1) is 17.8 Å². The Morgan fingerprint density at radius 2 is 2.33 bits per heavy atom. The summed E-state index contributed by atoms with van der Waals surface area (Å²) in [5.74, 6) is -0.408. The SMILES string of the molecule is O=C(O)C1COCC2CC=CC21. The number of carboxylic acid groups (broad SMARTS) is 1. The van der Waals surface area contributed by atoms with Crippen LogP contribution >= 0.6 is 0 Å². The minimum atomic E-state index is -0.726. The van der Waals surface area contributed by atoms with E-state index < -0.39 is 5.97 Å². The largest absolute Gasteiger partial charge is 0.481 e. The van der Waals surface area contributed by atoms with Crippen LogP contribution in [0.4, 0.5) is 0 Å². The van der Waals surface area contributed by atoms with E-state index in [2.05, 4.69) is 6.08 Å². The molecule has 1 heterocycles. The lowest BCUT2D eigenvalue weighted by atomic mass is 9.83. The molecule has 3 atom stereocenters. The maximum absolute atomic E-state index is 10.8. The van der Waals surface area contributed by atoms with Crippen LogP contribution in [-0.4, -0.2) is 24.3 Å². The Balaban J connectivity index is 2.13. The number of ether oxygens (including phenoxy) is 1. The molecule has 1 fully saturated rings. The monoisotopic (exact) mass is 168 g/mol. The summed E-state index contributed by atoms with van der Waals surface area (Å²) in [6.45, 7) is 1.10. The molecule has 0 radical (unpaired) electrons. The summed E-state index contributed by atoms with van der Waals surface area (Å²) in [6, 6.07) is 0. The summed E-state index contributed by atoms with van der Waals surface area (Å²) in [5.41, 5.74) is 0. The zero-order valence-corrected chi connectivity index (χ0v) is 6.77. The third kappa shape index (κ3) is 1.14. The molecule has 1 aliphatic heterocycles. The van der Waals surface area contributed by atoms with Gasteiger partial charge in [0, 0.05) is 0 Å². The highest BCUT2D eigenvalue weighted by Crippen LogP contribution is 2.35. The normalized spacial score (nSPS) is 39.5. The number of allylic oxidation sites excluding steroid dienone is 2. The molecule has 66 valence electrons. The summed E-state index contributed by atoms with van der Waals surface area (Å²) < 4.78 is 5.24. The van der Waals surface area contributed by atoms with Crippen LogP contribution in [0.1, 0.15) is 6.42 Å². The van der Waals surface area contributed by atoms with E-state index in [-0.39, 0.29) is 11.8 Å². The van der Waals surface area contributed by atoms with Gasteiger partial charge in [-0.15, -0.1) is 0 Å². The summed E-state index contributed by atoms with van der Waals surface area (Å²) >= 11 is 0. The first-order valence-electron chi connectivity index (χ1n) is 4.26. The lowest BCUT2D eigenvalue weighted by Gasteiger charge is -2.30. The maximum Gasteiger partial charge on any atom is 0.309 e. The number of carbonyl (C=O) groups is 1. The van der Waals surface area contributed by atoms with Gasteiger partial charge in [-0.25, -0.2) is 0 Å². The van der Waals surface area contributed by atoms with Gasteiger partial charge >= 0.3 is 5.97 Å². The minimum Gasteiger partial charge on any atom is -0.481 e. The van der Waals surface area contributed by atoms with Gasteiger partial charge in [-0.2, -0.15) is 0 Å². The molecule has 3 nitrogen and oxygen atoms in total. The summed E-state index contributed by atoms with van der Waals surface area (Å²) in [6.07, 6.45) is 5.08. The van der Waals surface area contributed by atoms with Crippen molar-refractivity contribution in [3.63, 3.8) is 0 Å². The third-order valence-corrected chi connectivity index (χ3v) is 2.75. The summed E-state index contributed by atoms with van der Waals surface area (Å²) in [5, 5.41) is 8.87. The highest BCUT2D eigenvalue weighted by Gasteiger charge is 2.38. The van der Waals surface area contributed by atoms with Gasteiger partial charge in [0.1, 0.15) is 0 Å².